The van der Waals surface area contributed by atoms with Crippen molar-refractivity contribution in [3.05, 3.63) is 54.0 Å². The summed E-state index contributed by atoms with van der Waals surface area (Å²) < 4.78 is 5.22. The van der Waals surface area contributed by atoms with Crippen molar-refractivity contribution in [2.75, 3.05) is 43.1 Å². The van der Waals surface area contributed by atoms with Crippen molar-refractivity contribution in [3.8, 4) is 17.0 Å². The van der Waals surface area contributed by atoms with Crippen LogP contribution in [0.25, 0.3) is 11.3 Å². The second-order valence-corrected chi connectivity index (χ2v) is 6.74. The molecule has 5 nitrogen and oxygen atoms in total. The van der Waals surface area contributed by atoms with Gasteiger partial charge in [-0.15, -0.1) is 11.3 Å². The molecule has 0 unspecified atom stereocenters. The van der Waals surface area contributed by atoms with Crippen molar-refractivity contribution in [3.63, 3.8) is 0 Å². The van der Waals surface area contributed by atoms with E-state index in [1.165, 1.54) is 0 Å². The Balaban J connectivity index is 1.43. The third-order valence-electron chi connectivity index (χ3n) is 4.40. The van der Waals surface area contributed by atoms with E-state index >= 15 is 0 Å². The number of methoxy groups -OCH3 is 1. The fourth-order valence-corrected chi connectivity index (χ4v) is 3.86. The van der Waals surface area contributed by atoms with Gasteiger partial charge in [-0.2, -0.15) is 0 Å². The molecule has 0 spiro atoms. The molecule has 0 amide bonds. The summed E-state index contributed by atoms with van der Waals surface area (Å²) in [5, 5.41) is 3.22. The molecule has 0 radical (unpaired) electrons. The van der Waals surface area contributed by atoms with E-state index in [2.05, 4.69) is 38.4 Å². The Labute approximate surface area is 151 Å². The van der Waals surface area contributed by atoms with Crippen LogP contribution in [0.1, 0.15) is 0 Å². The van der Waals surface area contributed by atoms with Gasteiger partial charge in [0.25, 0.3) is 0 Å². The summed E-state index contributed by atoms with van der Waals surface area (Å²) in [5.74, 6) is 1.92. The van der Waals surface area contributed by atoms with Gasteiger partial charge in [-0.25, -0.2) is 9.97 Å². The van der Waals surface area contributed by atoms with Gasteiger partial charge < -0.3 is 14.5 Å². The highest BCUT2D eigenvalue weighted by atomic mass is 32.1. The van der Waals surface area contributed by atoms with E-state index in [-0.39, 0.29) is 0 Å². The average molecular weight is 352 g/mol. The maximum atomic E-state index is 5.22. The molecule has 6 heteroatoms. The molecule has 1 saturated heterocycles. The lowest BCUT2D eigenvalue weighted by molar-refractivity contribution is 0.415. The lowest BCUT2D eigenvalue weighted by atomic mass is 10.2. The summed E-state index contributed by atoms with van der Waals surface area (Å²) in [4.78, 5) is 14.0. The Hall–Kier alpha value is -2.60. The standard InChI is InChI=1S/C19H20N4OS/c1-24-16-7-5-15(6-8-16)17-14-25-19(21-17)23-12-10-22(11-13-23)18-4-2-3-9-20-18/h2-9,14H,10-13H2,1H3. The predicted molar refractivity (Wildman–Crippen MR) is 103 cm³/mol. The van der Waals surface area contributed by atoms with Crippen molar-refractivity contribution < 1.29 is 4.74 Å². The molecule has 2 aromatic heterocycles. The first kappa shape index (κ1) is 15.9. The minimum absolute atomic E-state index is 0.866. The monoisotopic (exact) mass is 352 g/mol. The Kier molecular flexibility index (Phi) is 4.52. The van der Waals surface area contributed by atoms with E-state index < -0.39 is 0 Å². The first-order chi connectivity index (χ1) is 12.3. The summed E-state index contributed by atoms with van der Waals surface area (Å²) >= 11 is 1.71. The zero-order valence-corrected chi connectivity index (χ0v) is 14.9. The van der Waals surface area contributed by atoms with Crippen LogP contribution in [0.3, 0.4) is 0 Å². The van der Waals surface area contributed by atoms with Crippen LogP contribution in [0, 0.1) is 0 Å². The van der Waals surface area contributed by atoms with E-state index in [4.69, 9.17) is 9.72 Å². The third kappa shape index (κ3) is 3.44. The number of nitrogens with zero attached hydrogens (tertiary/aromatic N) is 4. The molecule has 0 atom stereocenters. The SMILES string of the molecule is COc1ccc(-c2csc(N3CCN(c4ccccn4)CC3)n2)cc1. The van der Waals surface area contributed by atoms with Gasteiger partial charge in [0.15, 0.2) is 5.13 Å². The van der Waals surface area contributed by atoms with Crippen molar-refractivity contribution in [2.24, 2.45) is 0 Å². The number of piperazine rings is 1. The number of hydrogen-bond acceptors (Lipinski definition) is 6. The largest absolute Gasteiger partial charge is 0.497 e. The Morgan fingerprint density at radius 1 is 0.960 bits per heavy atom. The molecule has 4 rings (SSSR count). The minimum atomic E-state index is 0.866. The number of aromatic nitrogens is 2. The van der Waals surface area contributed by atoms with Crippen molar-refractivity contribution >= 4 is 22.3 Å². The van der Waals surface area contributed by atoms with Gasteiger partial charge in [0, 0.05) is 43.3 Å². The van der Waals surface area contributed by atoms with E-state index in [9.17, 15) is 0 Å². The van der Waals surface area contributed by atoms with E-state index in [0.717, 1.165) is 54.1 Å². The maximum Gasteiger partial charge on any atom is 0.185 e. The van der Waals surface area contributed by atoms with Gasteiger partial charge in [0.05, 0.1) is 12.8 Å². The van der Waals surface area contributed by atoms with Crippen LogP contribution < -0.4 is 14.5 Å². The molecule has 128 valence electrons. The highest BCUT2D eigenvalue weighted by Gasteiger charge is 2.20. The number of pyridine rings is 1. The molecule has 1 aromatic carbocycles. The van der Waals surface area contributed by atoms with Gasteiger partial charge in [0.2, 0.25) is 0 Å². The number of ether oxygens (including phenoxy) is 1. The highest BCUT2D eigenvalue weighted by Crippen LogP contribution is 2.29. The first-order valence-corrected chi connectivity index (χ1v) is 9.22. The lowest BCUT2D eigenvalue weighted by Crippen LogP contribution is -2.46. The Bertz CT molecular complexity index is 811. The van der Waals surface area contributed by atoms with Crippen LogP contribution in [0.2, 0.25) is 0 Å². The molecule has 0 aliphatic carbocycles. The Morgan fingerprint density at radius 2 is 1.72 bits per heavy atom. The lowest BCUT2D eigenvalue weighted by Gasteiger charge is -2.35. The predicted octanol–water partition coefficient (Wildman–Crippen LogP) is 3.54. The normalized spacial score (nSPS) is 14.6. The summed E-state index contributed by atoms with van der Waals surface area (Å²) in [6.07, 6.45) is 1.85. The molecule has 0 bridgehead atoms. The molecule has 3 heterocycles. The number of hydrogen-bond donors (Lipinski definition) is 0. The van der Waals surface area contributed by atoms with E-state index in [1.54, 1.807) is 18.4 Å². The summed E-state index contributed by atoms with van der Waals surface area (Å²) in [7, 11) is 1.68. The Morgan fingerprint density at radius 3 is 2.40 bits per heavy atom. The van der Waals surface area contributed by atoms with Gasteiger partial charge >= 0.3 is 0 Å². The van der Waals surface area contributed by atoms with Crippen LogP contribution in [-0.4, -0.2) is 43.3 Å². The molecule has 0 saturated carbocycles. The van der Waals surface area contributed by atoms with Crippen LogP contribution in [-0.2, 0) is 0 Å². The van der Waals surface area contributed by atoms with Gasteiger partial charge in [-0.1, -0.05) is 6.07 Å². The van der Waals surface area contributed by atoms with E-state index in [0.29, 0.717) is 0 Å². The number of anilines is 2. The zero-order valence-electron chi connectivity index (χ0n) is 14.1. The number of benzene rings is 1. The van der Waals surface area contributed by atoms with Crippen molar-refractivity contribution in [2.45, 2.75) is 0 Å². The van der Waals surface area contributed by atoms with Crippen LogP contribution >= 0.6 is 11.3 Å². The smallest absolute Gasteiger partial charge is 0.185 e. The second-order valence-electron chi connectivity index (χ2n) is 5.91. The van der Waals surface area contributed by atoms with Gasteiger partial charge in [0.1, 0.15) is 11.6 Å². The topological polar surface area (TPSA) is 41.5 Å². The first-order valence-electron chi connectivity index (χ1n) is 8.34. The van der Waals surface area contributed by atoms with Crippen LogP contribution in [0.5, 0.6) is 5.75 Å². The molecule has 1 fully saturated rings. The molecular weight excluding hydrogens is 332 g/mol. The van der Waals surface area contributed by atoms with Crippen molar-refractivity contribution in [1.29, 1.82) is 0 Å². The number of thiazole rings is 1. The third-order valence-corrected chi connectivity index (χ3v) is 5.30. The fourth-order valence-electron chi connectivity index (χ4n) is 2.97. The summed E-state index contributed by atoms with van der Waals surface area (Å²) in [5.41, 5.74) is 2.14. The molecule has 1 aliphatic rings. The van der Waals surface area contributed by atoms with Crippen LogP contribution in [0.15, 0.2) is 54.0 Å². The summed E-state index contributed by atoms with van der Waals surface area (Å²) in [6.45, 7) is 3.86. The van der Waals surface area contributed by atoms with Gasteiger partial charge in [-0.3, -0.25) is 0 Å². The molecule has 1 aliphatic heterocycles. The number of rotatable bonds is 4. The zero-order chi connectivity index (χ0) is 17.1. The van der Waals surface area contributed by atoms with E-state index in [1.807, 2.05) is 30.5 Å². The fraction of sp³-hybridized carbons (Fsp3) is 0.263. The van der Waals surface area contributed by atoms with Crippen LogP contribution in [0.4, 0.5) is 10.9 Å². The molecule has 25 heavy (non-hydrogen) atoms. The average Bonchev–Trinajstić information content (AvgIpc) is 3.19. The second kappa shape index (κ2) is 7.11. The highest BCUT2D eigenvalue weighted by molar-refractivity contribution is 7.14. The quantitative estimate of drug-likeness (QED) is 0.718. The minimum Gasteiger partial charge on any atom is -0.497 e. The maximum absolute atomic E-state index is 5.22. The summed E-state index contributed by atoms with van der Waals surface area (Å²) in [6, 6.07) is 14.1. The molecule has 0 N–H and O–H groups in total. The van der Waals surface area contributed by atoms with Gasteiger partial charge in [-0.05, 0) is 36.4 Å². The molecular formula is C19H20N4OS. The molecule has 3 aromatic rings. The van der Waals surface area contributed by atoms with Crippen molar-refractivity contribution in [1.82, 2.24) is 9.97 Å².